The van der Waals surface area contributed by atoms with Crippen molar-refractivity contribution < 1.29 is 4.42 Å². The lowest BCUT2D eigenvalue weighted by molar-refractivity contribution is 0.603. The topological polar surface area (TPSA) is 21.3 Å². The molecule has 0 N–H and O–H groups in total. The normalized spacial score (nSPS) is 11.7. The third-order valence-corrected chi connectivity index (χ3v) is 10.9. The highest BCUT2D eigenvalue weighted by atomic mass is 16.3. The van der Waals surface area contributed by atoms with E-state index >= 15 is 0 Å². The fourth-order valence-corrected chi connectivity index (χ4v) is 8.29. The molecule has 0 saturated heterocycles. The zero-order valence-corrected chi connectivity index (χ0v) is 31.1. The van der Waals surface area contributed by atoms with Crippen molar-refractivity contribution in [1.82, 2.24) is 4.57 Å². The standard InChI is InChI=1S/C53H38N2O/c1-3-13-51-45(4-2)53-46(20-12-23-52(53)56-51)38-27-31-42(32-28-38)54(44-33-26-36-14-5-6-15-39(36)35-44)41-29-24-37(25-30-41)40-16-11-17-43(34-40)55-49-21-9-7-18-47(49)48-19-8-10-22-50(48)55/h3-35H,2H2,1H3/b13-3-. The van der Waals surface area contributed by atoms with E-state index in [-0.39, 0.29) is 0 Å². The van der Waals surface area contributed by atoms with E-state index in [0.717, 1.165) is 61.7 Å². The number of fused-ring (bicyclic) bond motifs is 5. The fourth-order valence-electron chi connectivity index (χ4n) is 8.29. The number of allylic oxidation sites excluding steroid dienone is 1. The van der Waals surface area contributed by atoms with E-state index < -0.39 is 0 Å². The average molecular weight is 719 g/mol. The highest BCUT2D eigenvalue weighted by Gasteiger charge is 2.18. The van der Waals surface area contributed by atoms with Crippen LogP contribution in [0, 0.1) is 0 Å². The SMILES string of the molecule is C=Cc1c(/C=C\C)oc2cccc(-c3ccc(N(c4ccc(-c5cccc(-n6c7ccccc7c7ccccc76)c5)cc4)c4ccc5ccccc5c4)cc3)c12. The molecular formula is C53H38N2O. The van der Waals surface area contributed by atoms with E-state index in [1.165, 1.54) is 38.1 Å². The minimum absolute atomic E-state index is 0.825. The highest BCUT2D eigenvalue weighted by molar-refractivity contribution is 6.09. The zero-order chi connectivity index (χ0) is 37.6. The first-order chi connectivity index (χ1) is 27.7. The van der Waals surface area contributed by atoms with Gasteiger partial charge in [0.05, 0.1) is 11.0 Å². The molecule has 2 aromatic heterocycles. The van der Waals surface area contributed by atoms with Crippen LogP contribution in [0.1, 0.15) is 18.2 Å². The van der Waals surface area contributed by atoms with Crippen molar-refractivity contribution in [2.24, 2.45) is 0 Å². The van der Waals surface area contributed by atoms with Crippen molar-refractivity contribution in [3.8, 4) is 27.9 Å². The third kappa shape index (κ3) is 5.61. The highest BCUT2D eigenvalue weighted by Crippen LogP contribution is 2.41. The summed E-state index contributed by atoms with van der Waals surface area (Å²) >= 11 is 0. The van der Waals surface area contributed by atoms with Crippen LogP contribution < -0.4 is 4.90 Å². The van der Waals surface area contributed by atoms with Gasteiger partial charge in [0.15, 0.2) is 0 Å². The van der Waals surface area contributed by atoms with Crippen molar-refractivity contribution in [2.45, 2.75) is 6.92 Å². The van der Waals surface area contributed by atoms with Crippen molar-refractivity contribution in [1.29, 1.82) is 0 Å². The number of nitrogens with zero attached hydrogens (tertiary/aromatic N) is 2. The Kier molecular flexibility index (Phi) is 8.19. The van der Waals surface area contributed by atoms with E-state index in [9.17, 15) is 0 Å². The Hall–Kier alpha value is -7.36. The van der Waals surface area contributed by atoms with Gasteiger partial charge in [-0.1, -0.05) is 134 Å². The number of anilines is 3. The predicted octanol–water partition coefficient (Wildman–Crippen LogP) is 15.2. The minimum atomic E-state index is 0.825. The molecular weight excluding hydrogens is 681 g/mol. The molecule has 0 atom stereocenters. The van der Waals surface area contributed by atoms with E-state index in [1.54, 1.807) is 0 Å². The maximum Gasteiger partial charge on any atom is 0.136 e. The van der Waals surface area contributed by atoms with Crippen LogP contribution in [0.25, 0.3) is 83.6 Å². The van der Waals surface area contributed by atoms with Crippen LogP contribution in [0.2, 0.25) is 0 Å². The van der Waals surface area contributed by atoms with Crippen molar-refractivity contribution in [3.05, 3.63) is 206 Å². The Morgan fingerprint density at radius 2 is 1.16 bits per heavy atom. The smallest absolute Gasteiger partial charge is 0.136 e. The summed E-state index contributed by atoms with van der Waals surface area (Å²) < 4.78 is 8.61. The van der Waals surface area contributed by atoms with Gasteiger partial charge in [0.2, 0.25) is 0 Å². The molecule has 0 radical (unpaired) electrons. The van der Waals surface area contributed by atoms with Gasteiger partial charge in [0, 0.05) is 44.5 Å². The second-order valence-electron chi connectivity index (χ2n) is 14.1. The van der Waals surface area contributed by atoms with Gasteiger partial charge in [-0.2, -0.15) is 0 Å². The van der Waals surface area contributed by atoms with Crippen molar-refractivity contribution in [3.63, 3.8) is 0 Å². The summed E-state index contributed by atoms with van der Waals surface area (Å²) in [6.45, 7) is 6.12. The summed E-state index contributed by atoms with van der Waals surface area (Å²) in [7, 11) is 0. The van der Waals surface area contributed by atoms with Gasteiger partial charge in [0.25, 0.3) is 0 Å². The molecule has 3 heteroatoms. The maximum atomic E-state index is 6.24. The average Bonchev–Trinajstić information content (AvgIpc) is 3.79. The lowest BCUT2D eigenvalue weighted by Crippen LogP contribution is -2.09. The first-order valence-corrected chi connectivity index (χ1v) is 19.1. The van der Waals surface area contributed by atoms with E-state index in [0.29, 0.717) is 0 Å². The van der Waals surface area contributed by atoms with Crippen LogP contribution >= 0.6 is 0 Å². The van der Waals surface area contributed by atoms with E-state index in [2.05, 4.69) is 192 Å². The number of para-hydroxylation sites is 2. The van der Waals surface area contributed by atoms with Gasteiger partial charge in [-0.25, -0.2) is 0 Å². The quantitative estimate of drug-likeness (QED) is 0.156. The second kappa shape index (κ2) is 13.8. The molecule has 0 aliphatic carbocycles. The number of rotatable bonds is 8. The molecule has 0 amide bonds. The molecule has 8 aromatic carbocycles. The Morgan fingerprint density at radius 3 is 1.86 bits per heavy atom. The molecule has 0 unspecified atom stereocenters. The number of aromatic nitrogens is 1. The first kappa shape index (κ1) is 33.2. The maximum absolute atomic E-state index is 6.24. The zero-order valence-electron chi connectivity index (χ0n) is 31.1. The molecule has 10 aromatic rings. The van der Waals surface area contributed by atoms with Crippen molar-refractivity contribution >= 4 is 72.8 Å². The lowest BCUT2D eigenvalue weighted by atomic mass is 9.97. The summed E-state index contributed by atoms with van der Waals surface area (Å²) in [5, 5.41) is 6.02. The number of benzene rings is 8. The Labute approximate surface area is 326 Å². The van der Waals surface area contributed by atoms with E-state index in [1.807, 2.05) is 31.2 Å². The number of hydrogen-bond donors (Lipinski definition) is 0. The summed E-state index contributed by atoms with van der Waals surface area (Å²) in [5.74, 6) is 0.825. The summed E-state index contributed by atoms with van der Waals surface area (Å²) in [6, 6.07) is 65.5. The summed E-state index contributed by atoms with van der Waals surface area (Å²) in [5.41, 5.74) is 13.2. The first-order valence-electron chi connectivity index (χ1n) is 19.1. The van der Waals surface area contributed by atoms with Crippen LogP contribution in [0.15, 0.2) is 199 Å². The van der Waals surface area contributed by atoms with Gasteiger partial charge in [-0.15, -0.1) is 0 Å². The molecule has 0 aliphatic heterocycles. The van der Waals surface area contributed by atoms with Crippen molar-refractivity contribution in [2.75, 3.05) is 4.90 Å². The fraction of sp³-hybridized carbons (Fsp3) is 0.0189. The Balaban J connectivity index is 1.05. The molecule has 56 heavy (non-hydrogen) atoms. The van der Waals surface area contributed by atoms with Crippen LogP contribution in [0.3, 0.4) is 0 Å². The molecule has 266 valence electrons. The molecule has 10 rings (SSSR count). The minimum Gasteiger partial charge on any atom is -0.456 e. The van der Waals surface area contributed by atoms with Gasteiger partial charge in [-0.05, 0) is 113 Å². The summed E-state index contributed by atoms with van der Waals surface area (Å²) in [6.07, 6.45) is 5.89. The lowest BCUT2D eigenvalue weighted by Gasteiger charge is -2.26. The van der Waals surface area contributed by atoms with Crippen LogP contribution in [-0.2, 0) is 0 Å². The van der Waals surface area contributed by atoms with E-state index in [4.69, 9.17) is 4.42 Å². The molecule has 0 spiro atoms. The van der Waals surface area contributed by atoms with Crippen LogP contribution in [0.4, 0.5) is 17.1 Å². The largest absolute Gasteiger partial charge is 0.456 e. The van der Waals surface area contributed by atoms with Crippen LogP contribution in [-0.4, -0.2) is 4.57 Å². The molecule has 0 bridgehead atoms. The molecule has 0 aliphatic rings. The monoisotopic (exact) mass is 718 g/mol. The predicted molar refractivity (Wildman–Crippen MR) is 238 cm³/mol. The van der Waals surface area contributed by atoms with Crippen LogP contribution in [0.5, 0.6) is 0 Å². The Bertz CT molecular complexity index is 3050. The molecule has 0 saturated carbocycles. The third-order valence-electron chi connectivity index (χ3n) is 10.9. The molecule has 2 heterocycles. The summed E-state index contributed by atoms with van der Waals surface area (Å²) in [4.78, 5) is 2.34. The Morgan fingerprint density at radius 1 is 0.536 bits per heavy atom. The van der Waals surface area contributed by atoms with Gasteiger partial charge in [0.1, 0.15) is 11.3 Å². The molecule has 3 nitrogen and oxygen atoms in total. The van der Waals surface area contributed by atoms with Gasteiger partial charge in [-0.3, -0.25) is 0 Å². The number of hydrogen-bond acceptors (Lipinski definition) is 2. The number of furan rings is 1. The van der Waals surface area contributed by atoms with Gasteiger partial charge >= 0.3 is 0 Å². The second-order valence-corrected chi connectivity index (χ2v) is 14.1. The van der Waals surface area contributed by atoms with Gasteiger partial charge < -0.3 is 13.9 Å². The molecule has 0 fully saturated rings.